The largest absolute Gasteiger partial charge is 0.325 e. The Bertz CT molecular complexity index is 575. The first kappa shape index (κ1) is 16.5. The van der Waals surface area contributed by atoms with E-state index in [9.17, 15) is 25.0 Å². The molecule has 0 aromatic heterocycles. The molecule has 0 aliphatic rings. The number of hydrogen-bond acceptors (Lipinski definition) is 5. The van der Waals surface area contributed by atoms with Gasteiger partial charge in [0.1, 0.15) is 5.56 Å². The van der Waals surface area contributed by atoms with E-state index in [0.717, 1.165) is 12.1 Å². The van der Waals surface area contributed by atoms with Gasteiger partial charge in [-0.25, -0.2) is 0 Å². The van der Waals surface area contributed by atoms with Crippen LogP contribution >= 0.6 is 0 Å². The van der Waals surface area contributed by atoms with Crippen LogP contribution in [0.25, 0.3) is 0 Å². The summed E-state index contributed by atoms with van der Waals surface area (Å²) >= 11 is 0. The molecule has 8 nitrogen and oxygen atoms in total. The number of benzene rings is 1. The van der Waals surface area contributed by atoms with E-state index >= 15 is 0 Å². The first-order chi connectivity index (χ1) is 9.60. The Morgan fingerprint density at radius 3 is 1.95 bits per heavy atom. The second-order valence-corrected chi connectivity index (χ2v) is 5.35. The van der Waals surface area contributed by atoms with Crippen molar-refractivity contribution in [1.82, 2.24) is 0 Å². The Hall–Kier alpha value is -2.51. The summed E-state index contributed by atoms with van der Waals surface area (Å²) in [4.78, 5) is 32.6. The molecule has 0 unspecified atom stereocenters. The Balaban J connectivity index is 3.29. The highest BCUT2D eigenvalue weighted by Gasteiger charge is 2.28. The highest BCUT2D eigenvalue weighted by Crippen LogP contribution is 2.32. The third-order valence-electron chi connectivity index (χ3n) is 3.50. The maximum absolute atomic E-state index is 12.1. The van der Waals surface area contributed by atoms with Gasteiger partial charge in [0.25, 0.3) is 11.4 Å². The molecule has 1 N–H and O–H groups in total. The molecule has 0 aliphatic heterocycles. The van der Waals surface area contributed by atoms with Gasteiger partial charge in [-0.1, -0.05) is 20.8 Å². The molecular weight excluding hydrogens is 278 g/mol. The van der Waals surface area contributed by atoms with Crippen LogP contribution in [0.15, 0.2) is 12.1 Å². The summed E-state index contributed by atoms with van der Waals surface area (Å²) in [6.45, 7) is 6.58. The highest BCUT2D eigenvalue weighted by atomic mass is 16.6. The number of amides is 1. The van der Waals surface area contributed by atoms with Gasteiger partial charge in [-0.3, -0.25) is 25.0 Å². The third kappa shape index (κ3) is 3.53. The number of nitro groups is 2. The average Bonchev–Trinajstić information content (AvgIpc) is 2.39. The zero-order valence-electron chi connectivity index (χ0n) is 12.3. The van der Waals surface area contributed by atoms with Gasteiger partial charge in [0.15, 0.2) is 0 Å². The number of nitrogens with zero attached hydrogens (tertiary/aromatic N) is 2. The van der Waals surface area contributed by atoms with Crippen molar-refractivity contribution in [1.29, 1.82) is 0 Å². The van der Waals surface area contributed by atoms with Gasteiger partial charge >= 0.3 is 0 Å². The van der Waals surface area contributed by atoms with E-state index in [4.69, 9.17) is 0 Å². The Kier molecular flexibility index (Phi) is 4.62. The van der Waals surface area contributed by atoms with Crippen LogP contribution in [0.2, 0.25) is 0 Å². The summed E-state index contributed by atoms with van der Waals surface area (Å²) in [7, 11) is 0. The smallest absolute Gasteiger partial charge is 0.281 e. The van der Waals surface area contributed by atoms with Crippen LogP contribution in [0.5, 0.6) is 0 Å². The third-order valence-corrected chi connectivity index (χ3v) is 3.50. The molecule has 0 fully saturated rings. The summed E-state index contributed by atoms with van der Waals surface area (Å²) in [6, 6.07) is 2.26. The number of carbonyl (C=O) groups is 1. The van der Waals surface area contributed by atoms with Gasteiger partial charge < -0.3 is 5.32 Å². The van der Waals surface area contributed by atoms with Crippen molar-refractivity contribution in [2.75, 3.05) is 5.32 Å². The van der Waals surface area contributed by atoms with Crippen LogP contribution in [-0.4, -0.2) is 15.8 Å². The van der Waals surface area contributed by atoms with E-state index in [1.165, 1.54) is 6.92 Å². The maximum Gasteiger partial charge on any atom is 0.281 e. The van der Waals surface area contributed by atoms with Crippen molar-refractivity contribution in [3.63, 3.8) is 0 Å². The topological polar surface area (TPSA) is 115 Å². The molecule has 0 bridgehead atoms. The molecule has 1 amide bonds. The normalized spacial score (nSPS) is 11.0. The van der Waals surface area contributed by atoms with Crippen LogP contribution < -0.4 is 5.32 Å². The van der Waals surface area contributed by atoms with Gasteiger partial charge in [-0.2, -0.15) is 0 Å². The number of carbonyl (C=O) groups excluding carboxylic acids is 1. The van der Waals surface area contributed by atoms with E-state index in [1.54, 1.807) is 13.8 Å². The molecule has 0 heterocycles. The van der Waals surface area contributed by atoms with E-state index in [2.05, 4.69) is 5.32 Å². The van der Waals surface area contributed by atoms with Crippen molar-refractivity contribution in [2.45, 2.75) is 34.1 Å². The molecule has 1 aromatic carbocycles. The number of nitrogens with one attached hydrogen (secondary N) is 1. The fraction of sp³-hybridized carbons (Fsp3) is 0.462. The molecule has 0 saturated heterocycles. The summed E-state index contributed by atoms with van der Waals surface area (Å²) < 4.78 is 0. The lowest BCUT2D eigenvalue weighted by Gasteiger charge is -2.21. The molecule has 0 saturated carbocycles. The lowest BCUT2D eigenvalue weighted by Crippen LogP contribution is -2.30. The van der Waals surface area contributed by atoms with Crippen molar-refractivity contribution in [3.8, 4) is 0 Å². The van der Waals surface area contributed by atoms with Crippen LogP contribution in [0.4, 0.5) is 17.1 Å². The van der Waals surface area contributed by atoms with Crippen molar-refractivity contribution < 1.29 is 14.6 Å². The van der Waals surface area contributed by atoms with Gasteiger partial charge in [0, 0.05) is 17.5 Å². The standard InChI is InChI=1S/C13H17N3O5/c1-5-13(3,4)12(17)14-9-6-10(15(18)19)8(2)11(7-9)16(20)21/h6-7H,5H2,1-4H3,(H,14,17). The Morgan fingerprint density at radius 1 is 1.19 bits per heavy atom. The zero-order valence-corrected chi connectivity index (χ0v) is 12.3. The first-order valence-electron chi connectivity index (χ1n) is 6.35. The van der Waals surface area contributed by atoms with E-state index < -0.39 is 26.6 Å². The summed E-state index contributed by atoms with van der Waals surface area (Å²) in [5.74, 6) is -0.350. The number of rotatable bonds is 5. The fourth-order valence-electron chi connectivity index (χ4n) is 1.60. The predicted octanol–water partition coefficient (Wildman–Crippen LogP) is 3.19. The van der Waals surface area contributed by atoms with E-state index in [-0.39, 0.29) is 17.2 Å². The van der Waals surface area contributed by atoms with Gasteiger partial charge in [-0.15, -0.1) is 0 Å². The van der Waals surface area contributed by atoms with Crippen LogP contribution in [0, 0.1) is 32.6 Å². The minimum Gasteiger partial charge on any atom is -0.325 e. The van der Waals surface area contributed by atoms with Gasteiger partial charge in [0.2, 0.25) is 5.91 Å². The van der Waals surface area contributed by atoms with Crippen molar-refractivity contribution in [3.05, 3.63) is 37.9 Å². The molecule has 0 radical (unpaired) electrons. The summed E-state index contributed by atoms with van der Waals surface area (Å²) in [5, 5.41) is 24.4. The van der Waals surface area contributed by atoms with Gasteiger partial charge in [-0.05, 0) is 13.3 Å². The van der Waals surface area contributed by atoms with Crippen LogP contribution in [0.1, 0.15) is 32.8 Å². The second kappa shape index (κ2) is 5.86. The SMILES string of the molecule is CCC(C)(C)C(=O)Nc1cc([N+](=O)[O-])c(C)c([N+](=O)[O-])c1. The predicted molar refractivity (Wildman–Crippen MR) is 77.2 cm³/mol. The number of anilines is 1. The molecular formula is C13H17N3O5. The second-order valence-electron chi connectivity index (χ2n) is 5.35. The minimum absolute atomic E-state index is 0.0437. The monoisotopic (exact) mass is 295 g/mol. The minimum atomic E-state index is -0.705. The molecule has 1 rings (SSSR count). The lowest BCUT2D eigenvalue weighted by atomic mass is 9.89. The van der Waals surface area contributed by atoms with Gasteiger partial charge in [0.05, 0.1) is 15.5 Å². The quantitative estimate of drug-likeness (QED) is 0.661. The van der Waals surface area contributed by atoms with Crippen LogP contribution in [-0.2, 0) is 4.79 Å². The molecule has 0 aliphatic carbocycles. The highest BCUT2D eigenvalue weighted by molar-refractivity contribution is 5.95. The molecule has 0 spiro atoms. The average molecular weight is 295 g/mol. The summed E-state index contributed by atoms with van der Waals surface area (Å²) in [6.07, 6.45) is 0.564. The Labute approximate surface area is 121 Å². The maximum atomic E-state index is 12.1. The number of hydrogen-bond donors (Lipinski definition) is 1. The number of nitro benzene ring substituents is 2. The Morgan fingerprint density at radius 2 is 1.62 bits per heavy atom. The lowest BCUT2D eigenvalue weighted by molar-refractivity contribution is -0.395. The summed E-state index contributed by atoms with van der Waals surface area (Å²) in [5.41, 5.74) is -1.46. The fourth-order valence-corrected chi connectivity index (χ4v) is 1.60. The molecule has 8 heteroatoms. The van der Waals surface area contributed by atoms with Crippen molar-refractivity contribution in [2.24, 2.45) is 5.41 Å². The zero-order chi connectivity index (χ0) is 16.4. The van der Waals surface area contributed by atoms with Crippen molar-refractivity contribution >= 4 is 23.0 Å². The van der Waals surface area contributed by atoms with E-state index in [0.29, 0.717) is 6.42 Å². The van der Waals surface area contributed by atoms with E-state index in [1.807, 2.05) is 6.92 Å². The molecule has 0 atom stereocenters. The molecule has 114 valence electrons. The molecule has 21 heavy (non-hydrogen) atoms. The van der Waals surface area contributed by atoms with Crippen LogP contribution in [0.3, 0.4) is 0 Å². The first-order valence-corrected chi connectivity index (χ1v) is 6.35. The molecule has 1 aromatic rings.